The maximum Gasteiger partial charge on any atom is 0.268 e. The molecule has 4 radical (unpaired) electrons. The molecule has 28 heavy (non-hydrogen) atoms. The van der Waals surface area contributed by atoms with E-state index in [2.05, 4.69) is 0 Å². The maximum atomic E-state index is 12.3. The topological polar surface area (TPSA) is 107 Å². The largest absolute Gasteiger partial charge is 0.756 e. The highest BCUT2D eigenvalue weighted by molar-refractivity contribution is 7.45. The molecule has 1 N–H and O–H groups in total. The van der Waals surface area contributed by atoms with Crippen molar-refractivity contribution >= 4 is 23.5 Å². The predicted molar refractivity (Wildman–Crippen MR) is 102 cm³/mol. The summed E-state index contributed by atoms with van der Waals surface area (Å²) in [6.07, 6.45) is -2.20. The van der Waals surface area contributed by atoms with Crippen LogP contribution in [0.3, 0.4) is 0 Å². The molecule has 8 nitrogen and oxygen atoms in total. The van der Waals surface area contributed by atoms with Gasteiger partial charge in [-0.1, -0.05) is 0 Å². The van der Waals surface area contributed by atoms with E-state index in [1.807, 2.05) is 27.7 Å². The number of phosphoric acid groups is 1. The predicted octanol–water partition coefficient (Wildman–Crippen LogP) is 0.696. The fraction of sp³-hybridized carbons (Fsp3) is 1.00. The van der Waals surface area contributed by atoms with Crippen LogP contribution in [0.1, 0.15) is 40.5 Å². The van der Waals surface area contributed by atoms with Crippen LogP contribution in [-0.4, -0.2) is 76.6 Å². The Morgan fingerprint density at radius 2 is 1.82 bits per heavy atom. The van der Waals surface area contributed by atoms with Gasteiger partial charge in [0.1, 0.15) is 14.0 Å². The number of hydrogen-bond acceptors (Lipinski definition) is 8. The first kappa shape index (κ1) is 24.4. The number of phosphoric ester groups is 1. The molecule has 1 saturated carbocycles. The van der Waals surface area contributed by atoms with E-state index in [-0.39, 0.29) is 37.9 Å². The van der Waals surface area contributed by atoms with Crippen LogP contribution in [-0.2, 0) is 27.8 Å². The fourth-order valence-corrected chi connectivity index (χ4v) is 4.47. The summed E-state index contributed by atoms with van der Waals surface area (Å²) in [5.41, 5.74) is 0. The molecule has 0 aromatic heterocycles. The molecule has 0 spiro atoms. The van der Waals surface area contributed by atoms with Crippen LogP contribution in [0.4, 0.5) is 0 Å². The second-order valence-electron chi connectivity index (χ2n) is 7.99. The highest BCUT2D eigenvalue weighted by Gasteiger charge is 2.42. The van der Waals surface area contributed by atoms with Crippen LogP contribution in [0.5, 0.6) is 0 Å². The lowest BCUT2D eigenvalue weighted by Crippen LogP contribution is -2.34. The summed E-state index contributed by atoms with van der Waals surface area (Å²) in [6.45, 7) is 7.33. The summed E-state index contributed by atoms with van der Waals surface area (Å²) in [7, 11) is 6.99. The highest BCUT2D eigenvalue weighted by atomic mass is 31.2. The molecule has 2 fully saturated rings. The molecule has 0 bridgehead atoms. The van der Waals surface area contributed by atoms with Gasteiger partial charge < -0.3 is 33.3 Å². The van der Waals surface area contributed by atoms with Gasteiger partial charge in [0.05, 0.1) is 51.6 Å². The average molecular weight is 415 g/mol. The van der Waals surface area contributed by atoms with Crippen LogP contribution >= 0.6 is 7.82 Å². The summed E-state index contributed by atoms with van der Waals surface area (Å²) in [5, 5.41) is 10.2. The lowest BCUT2D eigenvalue weighted by atomic mass is 9.83. The fourth-order valence-electron chi connectivity index (χ4n) is 3.50. The molecule has 0 aromatic carbocycles. The first-order valence-electron chi connectivity index (χ1n) is 9.74. The molecule has 8 atom stereocenters. The zero-order chi connectivity index (χ0) is 21.1. The van der Waals surface area contributed by atoms with Crippen LogP contribution in [0.2, 0.25) is 5.82 Å². The lowest BCUT2D eigenvalue weighted by Gasteiger charge is -2.31. The number of aliphatic hydroxyl groups excluding tert-OH is 1. The van der Waals surface area contributed by atoms with E-state index in [0.29, 0.717) is 6.42 Å². The SMILES string of the molecule is [B][C@H]1C[C@@H](OP(=O)([O-])OC[C@H]2C(O)[C@@H]([B])C[C@H]2OC(C)C)[C@@H](COC(C)C)O1. The number of rotatable bonds is 10. The molecule has 1 aliphatic heterocycles. The molecule has 11 heteroatoms. The van der Waals surface area contributed by atoms with Gasteiger partial charge in [0.2, 0.25) is 0 Å². The van der Waals surface area contributed by atoms with E-state index in [0.717, 1.165) is 0 Å². The van der Waals surface area contributed by atoms with E-state index in [1.54, 1.807) is 0 Å². The Morgan fingerprint density at radius 3 is 2.43 bits per heavy atom. The summed E-state index contributed by atoms with van der Waals surface area (Å²) in [5.74, 6) is -1.06. The number of aliphatic hydroxyl groups is 1. The van der Waals surface area contributed by atoms with Crippen molar-refractivity contribution in [3.63, 3.8) is 0 Å². The molecule has 158 valence electrons. The smallest absolute Gasteiger partial charge is 0.268 e. The second kappa shape index (κ2) is 10.4. The molecule has 2 unspecified atom stereocenters. The van der Waals surface area contributed by atoms with Crippen molar-refractivity contribution in [1.29, 1.82) is 0 Å². The first-order valence-corrected chi connectivity index (χ1v) is 11.2. The van der Waals surface area contributed by atoms with Crippen molar-refractivity contribution in [3.05, 3.63) is 0 Å². The third-order valence-electron chi connectivity index (χ3n) is 4.82. The Balaban J connectivity index is 1.92. The minimum atomic E-state index is -4.66. The van der Waals surface area contributed by atoms with Crippen molar-refractivity contribution in [3.8, 4) is 0 Å². The molecule has 2 rings (SSSR count). The molecule has 2 aliphatic rings. The Kier molecular flexibility index (Phi) is 9.05. The zero-order valence-corrected chi connectivity index (χ0v) is 17.8. The van der Waals surface area contributed by atoms with Gasteiger partial charge in [0.25, 0.3) is 7.82 Å². The molecule has 1 aliphatic carbocycles. The average Bonchev–Trinajstić information content (AvgIpc) is 3.02. The molecule has 0 aromatic rings. The van der Waals surface area contributed by atoms with E-state index < -0.39 is 43.9 Å². The van der Waals surface area contributed by atoms with Crippen molar-refractivity contribution in [1.82, 2.24) is 0 Å². The minimum absolute atomic E-state index is 0.0395. The third-order valence-corrected chi connectivity index (χ3v) is 5.81. The van der Waals surface area contributed by atoms with Gasteiger partial charge in [0.15, 0.2) is 0 Å². The van der Waals surface area contributed by atoms with Gasteiger partial charge in [-0.15, -0.1) is 0 Å². The Bertz CT molecular complexity index is 535. The van der Waals surface area contributed by atoms with E-state index in [9.17, 15) is 14.6 Å². The van der Waals surface area contributed by atoms with E-state index in [1.165, 1.54) is 0 Å². The van der Waals surface area contributed by atoms with Crippen LogP contribution in [0.25, 0.3) is 0 Å². The number of ether oxygens (including phenoxy) is 3. The van der Waals surface area contributed by atoms with Crippen molar-refractivity contribution in [2.75, 3.05) is 13.2 Å². The lowest BCUT2D eigenvalue weighted by molar-refractivity contribution is -0.233. The van der Waals surface area contributed by atoms with E-state index >= 15 is 0 Å². The van der Waals surface area contributed by atoms with Gasteiger partial charge in [-0.2, -0.15) is 0 Å². The minimum Gasteiger partial charge on any atom is -0.756 e. The molecular weight excluding hydrogens is 385 g/mol. The third kappa shape index (κ3) is 7.10. The van der Waals surface area contributed by atoms with Crippen LogP contribution in [0.15, 0.2) is 0 Å². The first-order chi connectivity index (χ1) is 13.0. The van der Waals surface area contributed by atoms with Crippen LogP contribution in [0, 0.1) is 5.92 Å². The summed E-state index contributed by atoms with van der Waals surface area (Å²) >= 11 is 0. The van der Waals surface area contributed by atoms with Gasteiger partial charge in [0, 0.05) is 11.9 Å². The van der Waals surface area contributed by atoms with Gasteiger partial charge in [-0.05, 0) is 46.4 Å². The highest BCUT2D eigenvalue weighted by Crippen LogP contribution is 2.46. The van der Waals surface area contributed by atoms with Crippen LogP contribution < -0.4 is 4.89 Å². The molecule has 0 amide bonds. The Hall–Kier alpha value is 0.0799. The van der Waals surface area contributed by atoms with Gasteiger partial charge in [-0.3, -0.25) is 4.57 Å². The van der Waals surface area contributed by atoms with E-state index in [4.69, 9.17) is 39.0 Å². The molecular formula is C17H30B2O8P-. The van der Waals surface area contributed by atoms with Gasteiger partial charge in [-0.25, -0.2) is 0 Å². The number of hydrogen-bond donors (Lipinski definition) is 1. The normalized spacial score (nSPS) is 38.4. The van der Waals surface area contributed by atoms with Gasteiger partial charge >= 0.3 is 0 Å². The Labute approximate surface area is 170 Å². The standard InChI is InChI=1S/C17H31B2O8P/c1-9(2)23-8-15-14(6-16(19)26-15)27-28(21,22)24-7-11-13(25-10(3)4)5-12(18)17(11)20/h9-17,20H,5-8H2,1-4H3,(H,21,22)/p-1/t11-,12+,13-,14-,15-,16-,17?/m1/s1. The molecule has 1 heterocycles. The van der Waals surface area contributed by atoms with Crippen molar-refractivity contribution in [2.45, 2.75) is 89.0 Å². The maximum absolute atomic E-state index is 12.3. The Morgan fingerprint density at radius 1 is 1.14 bits per heavy atom. The zero-order valence-electron chi connectivity index (χ0n) is 16.9. The van der Waals surface area contributed by atoms with Crippen molar-refractivity contribution in [2.24, 2.45) is 5.92 Å². The monoisotopic (exact) mass is 415 g/mol. The molecule has 1 saturated heterocycles. The second-order valence-corrected chi connectivity index (χ2v) is 9.36. The quantitative estimate of drug-likeness (QED) is 0.411. The summed E-state index contributed by atoms with van der Waals surface area (Å²) in [4.78, 5) is 12.3. The summed E-state index contributed by atoms with van der Waals surface area (Å²) < 4.78 is 39.3. The van der Waals surface area contributed by atoms with Crippen molar-refractivity contribution < 1.29 is 37.8 Å². The summed E-state index contributed by atoms with van der Waals surface area (Å²) in [6, 6.07) is -0.635.